The van der Waals surface area contributed by atoms with Gasteiger partial charge >= 0.3 is 5.97 Å². The van der Waals surface area contributed by atoms with E-state index in [1.54, 1.807) is 6.20 Å². The number of carbonyl (C=O) groups excluding carboxylic acids is 2. The fourth-order valence-electron chi connectivity index (χ4n) is 1.95. The van der Waals surface area contributed by atoms with Gasteiger partial charge < -0.3 is 15.0 Å². The van der Waals surface area contributed by atoms with Crippen LogP contribution in [0.3, 0.4) is 0 Å². The summed E-state index contributed by atoms with van der Waals surface area (Å²) in [6, 6.07) is 7.74. The fraction of sp³-hybridized carbons (Fsp3) is 0.333. The standard InChI is InChI=1S/C15H18N2O3/c1-2-7-16-14(18)10-20-15(19)8-11-9-17-13-6-4-3-5-12(11)13/h3-6,9,17H,2,7-8,10H2,1H3,(H,16,18). The number of hydrogen-bond acceptors (Lipinski definition) is 3. The fourth-order valence-corrected chi connectivity index (χ4v) is 1.95. The summed E-state index contributed by atoms with van der Waals surface area (Å²) in [6.45, 7) is 2.34. The van der Waals surface area contributed by atoms with E-state index in [4.69, 9.17) is 4.74 Å². The van der Waals surface area contributed by atoms with Crippen molar-refractivity contribution in [2.75, 3.05) is 13.2 Å². The maximum absolute atomic E-state index is 11.7. The van der Waals surface area contributed by atoms with Gasteiger partial charge in [0.15, 0.2) is 6.61 Å². The molecule has 106 valence electrons. The molecule has 5 heteroatoms. The van der Waals surface area contributed by atoms with Gasteiger partial charge in [-0.25, -0.2) is 0 Å². The van der Waals surface area contributed by atoms with Crippen LogP contribution in [0.1, 0.15) is 18.9 Å². The Bertz CT molecular complexity index is 604. The smallest absolute Gasteiger partial charge is 0.310 e. The van der Waals surface area contributed by atoms with Gasteiger partial charge in [-0.2, -0.15) is 0 Å². The highest BCUT2D eigenvalue weighted by Gasteiger charge is 2.11. The quantitative estimate of drug-likeness (QED) is 0.789. The number of amides is 1. The van der Waals surface area contributed by atoms with Crippen LogP contribution in [0.2, 0.25) is 0 Å². The van der Waals surface area contributed by atoms with Crippen molar-refractivity contribution in [3.05, 3.63) is 36.0 Å². The normalized spacial score (nSPS) is 10.4. The zero-order valence-corrected chi connectivity index (χ0v) is 11.4. The van der Waals surface area contributed by atoms with Gasteiger partial charge in [0.1, 0.15) is 0 Å². The van der Waals surface area contributed by atoms with Crippen molar-refractivity contribution in [1.82, 2.24) is 10.3 Å². The molecule has 2 N–H and O–H groups in total. The van der Waals surface area contributed by atoms with Crippen LogP contribution in [-0.4, -0.2) is 30.0 Å². The number of aromatic nitrogens is 1. The van der Waals surface area contributed by atoms with Crippen LogP contribution in [-0.2, 0) is 20.7 Å². The summed E-state index contributed by atoms with van der Waals surface area (Å²) in [5.74, 6) is -0.666. The molecule has 0 unspecified atom stereocenters. The molecule has 1 amide bonds. The number of H-pyrrole nitrogens is 1. The predicted molar refractivity (Wildman–Crippen MR) is 76.3 cm³/mol. The molecular weight excluding hydrogens is 256 g/mol. The predicted octanol–water partition coefficient (Wildman–Crippen LogP) is 1.78. The molecule has 5 nitrogen and oxygen atoms in total. The van der Waals surface area contributed by atoms with Crippen LogP contribution in [0, 0.1) is 0 Å². The zero-order valence-electron chi connectivity index (χ0n) is 11.4. The van der Waals surface area contributed by atoms with Gasteiger partial charge in [0, 0.05) is 23.6 Å². The molecule has 0 radical (unpaired) electrons. The monoisotopic (exact) mass is 274 g/mol. The largest absolute Gasteiger partial charge is 0.455 e. The Morgan fingerprint density at radius 2 is 2.10 bits per heavy atom. The molecule has 1 aromatic carbocycles. The van der Waals surface area contributed by atoms with Crippen LogP contribution in [0.4, 0.5) is 0 Å². The number of ether oxygens (including phenoxy) is 1. The summed E-state index contributed by atoms with van der Waals surface area (Å²) >= 11 is 0. The Hall–Kier alpha value is -2.30. The first-order valence-corrected chi connectivity index (χ1v) is 6.68. The Morgan fingerprint density at radius 1 is 1.30 bits per heavy atom. The van der Waals surface area contributed by atoms with Crippen molar-refractivity contribution in [2.45, 2.75) is 19.8 Å². The molecular formula is C15H18N2O3. The van der Waals surface area contributed by atoms with Crippen LogP contribution < -0.4 is 5.32 Å². The van der Waals surface area contributed by atoms with Crippen molar-refractivity contribution < 1.29 is 14.3 Å². The van der Waals surface area contributed by atoms with E-state index >= 15 is 0 Å². The number of nitrogens with one attached hydrogen (secondary N) is 2. The molecule has 1 heterocycles. The Balaban J connectivity index is 1.87. The zero-order chi connectivity index (χ0) is 14.4. The second kappa shape index (κ2) is 6.75. The minimum Gasteiger partial charge on any atom is -0.455 e. The van der Waals surface area contributed by atoms with Crippen molar-refractivity contribution >= 4 is 22.8 Å². The Labute approximate surface area is 117 Å². The summed E-state index contributed by atoms with van der Waals surface area (Å²) in [6.07, 6.45) is 2.81. The Kier molecular flexibility index (Phi) is 4.76. The SMILES string of the molecule is CCCNC(=O)COC(=O)Cc1c[nH]c2ccccc12. The number of hydrogen-bond donors (Lipinski definition) is 2. The molecule has 2 rings (SSSR count). The van der Waals surface area contributed by atoms with E-state index in [2.05, 4.69) is 10.3 Å². The van der Waals surface area contributed by atoms with Gasteiger partial charge in [-0.05, 0) is 18.1 Å². The van der Waals surface area contributed by atoms with E-state index in [0.29, 0.717) is 6.54 Å². The molecule has 0 aliphatic heterocycles. The lowest BCUT2D eigenvalue weighted by Crippen LogP contribution is -2.29. The number of para-hydroxylation sites is 1. The lowest BCUT2D eigenvalue weighted by molar-refractivity contribution is -0.147. The second-order valence-electron chi connectivity index (χ2n) is 4.55. The van der Waals surface area contributed by atoms with Crippen LogP contribution in [0.5, 0.6) is 0 Å². The lowest BCUT2D eigenvalue weighted by atomic mass is 10.1. The van der Waals surface area contributed by atoms with E-state index in [0.717, 1.165) is 22.9 Å². The molecule has 0 saturated heterocycles. The average Bonchev–Trinajstić information content (AvgIpc) is 2.86. The summed E-state index contributed by atoms with van der Waals surface area (Å²) < 4.78 is 4.96. The van der Waals surface area contributed by atoms with Gasteiger partial charge in [0.2, 0.25) is 0 Å². The molecule has 0 aliphatic rings. The summed E-state index contributed by atoms with van der Waals surface area (Å²) in [5, 5.41) is 3.65. The van der Waals surface area contributed by atoms with Gasteiger partial charge in [0.05, 0.1) is 6.42 Å². The highest BCUT2D eigenvalue weighted by molar-refractivity contribution is 5.88. The first-order valence-electron chi connectivity index (χ1n) is 6.68. The van der Waals surface area contributed by atoms with Gasteiger partial charge in [-0.1, -0.05) is 25.1 Å². The number of rotatable bonds is 6. The van der Waals surface area contributed by atoms with Crippen molar-refractivity contribution in [3.63, 3.8) is 0 Å². The first-order chi connectivity index (χ1) is 9.70. The maximum Gasteiger partial charge on any atom is 0.310 e. The summed E-state index contributed by atoms with van der Waals surface area (Å²) in [4.78, 5) is 26.1. The van der Waals surface area contributed by atoms with Crippen molar-refractivity contribution in [3.8, 4) is 0 Å². The number of aromatic amines is 1. The van der Waals surface area contributed by atoms with Crippen molar-refractivity contribution in [1.29, 1.82) is 0 Å². The van der Waals surface area contributed by atoms with Gasteiger partial charge in [-0.15, -0.1) is 0 Å². The average molecular weight is 274 g/mol. The third-order valence-electron chi connectivity index (χ3n) is 2.95. The number of esters is 1. The molecule has 0 fully saturated rings. The highest BCUT2D eigenvalue weighted by Crippen LogP contribution is 2.18. The van der Waals surface area contributed by atoms with Crippen molar-refractivity contribution in [2.24, 2.45) is 0 Å². The number of fused-ring (bicyclic) bond motifs is 1. The van der Waals surface area contributed by atoms with E-state index < -0.39 is 5.97 Å². The third-order valence-corrected chi connectivity index (χ3v) is 2.95. The van der Waals surface area contributed by atoms with Crippen LogP contribution >= 0.6 is 0 Å². The number of carbonyl (C=O) groups is 2. The molecule has 2 aromatic rings. The maximum atomic E-state index is 11.7. The molecule has 0 spiro atoms. The molecule has 0 atom stereocenters. The van der Waals surface area contributed by atoms with E-state index in [9.17, 15) is 9.59 Å². The molecule has 1 aromatic heterocycles. The number of benzene rings is 1. The topological polar surface area (TPSA) is 71.2 Å². The van der Waals surface area contributed by atoms with Gasteiger partial charge in [0.25, 0.3) is 5.91 Å². The first kappa shape index (κ1) is 14.1. The summed E-state index contributed by atoms with van der Waals surface area (Å²) in [5.41, 5.74) is 1.86. The highest BCUT2D eigenvalue weighted by atomic mass is 16.5. The molecule has 20 heavy (non-hydrogen) atoms. The lowest BCUT2D eigenvalue weighted by Gasteiger charge is -2.05. The molecule has 0 bridgehead atoms. The molecule has 0 saturated carbocycles. The second-order valence-corrected chi connectivity index (χ2v) is 4.55. The minimum absolute atomic E-state index is 0.158. The van der Waals surface area contributed by atoms with Crippen LogP contribution in [0.15, 0.2) is 30.5 Å². The third kappa shape index (κ3) is 3.60. The van der Waals surface area contributed by atoms with E-state index in [1.807, 2.05) is 31.2 Å². The van der Waals surface area contributed by atoms with Gasteiger partial charge in [-0.3, -0.25) is 9.59 Å². The van der Waals surface area contributed by atoms with Crippen LogP contribution in [0.25, 0.3) is 10.9 Å². The van der Waals surface area contributed by atoms with E-state index in [-0.39, 0.29) is 18.9 Å². The minimum atomic E-state index is -0.401. The Morgan fingerprint density at radius 3 is 2.90 bits per heavy atom. The van der Waals surface area contributed by atoms with E-state index in [1.165, 1.54) is 0 Å². The molecule has 0 aliphatic carbocycles. The summed E-state index contributed by atoms with van der Waals surface area (Å²) in [7, 11) is 0.